The Morgan fingerprint density at radius 1 is 1.57 bits per heavy atom. The van der Waals surface area contributed by atoms with E-state index in [2.05, 4.69) is 32.7 Å². The minimum Gasteiger partial charge on any atom is -0.314 e. The summed E-state index contributed by atoms with van der Waals surface area (Å²) in [4.78, 5) is 0. The monoisotopic (exact) mass is 195 g/mol. The van der Waals surface area contributed by atoms with Gasteiger partial charge in [-0.1, -0.05) is 26.8 Å². The molecule has 14 heavy (non-hydrogen) atoms. The molecule has 2 atom stereocenters. The number of nitrogens with one attached hydrogen (secondary N) is 1. The Morgan fingerprint density at radius 2 is 2.21 bits per heavy atom. The molecule has 1 fully saturated rings. The summed E-state index contributed by atoms with van der Waals surface area (Å²) in [5, 5.41) is 3.62. The minimum absolute atomic E-state index is 0.598. The summed E-state index contributed by atoms with van der Waals surface area (Å²) in [7, 11) is 0. The van der Waals surface area contributed by atoms with Crippen LogP contribution < -0.4 is 5.32 Å². The number of hydrogen-bond donors (Lipinski definition) is 1. The van der Waals surface area contributed by atoms with Gasteiger partial charge in [0.15, 0.2) is 0 Å². The zero-order valence-electron chi connectivity index (χ0n) is 9.97. The quantitative estimate of drug-likeness (QED) is 0.485. The lowest BCUT2D eigenvalue weighted by Crippen LogP contribution is -2.32. The van der Waals surface area contributed by atoms with Gasteiger partial charge in [-0.15, -0.1) is 6.58 Å². The van der Waals surface area contributed by atoms with Gasteiger partial charge in [0.05, 0.1) is 0 Å². The van der Waals surface area contributed by atoms with Gasteiger partial charge >= 0.3 is 0 Å². The fourth-order valence-electron chi connectivity index (χ4n) is 2.38. The predicted octanol–water partition coefficient (Wildman–Crippen LogP) is 3.37. The van der Waals surface area contributed by atoms with E-state index in [4.69, 9.17) is 0 Å². The van der Waals surface area contributed by atoms with E-state index in [1.54, 1.807) is 0 Å². The molecule has 82 valence electrons. The van der Waals surface area contributed by atoms with Gasteiger partial charge in [0, 0.05) is 6.04 Å². The van der Waals surface area contributed by atoms with Gasteiger partial charge in [0.25, 0.3) is 0 Å². The van der Waals surface area contributed by atoms with Gasteiger partial charge in [-0.25, -0.2) is 0 Å². The van der Waals surface area contributed by atoms with E-state index in [9.17, 15) is 0 Å². The normalized spacial score (nSPS) is 25.8. The number of unbranched alkanes of at least 4 members (excludes halogenated alkanes) is 1. The van der Waals surface area contributed by atoms with Crippen LogP contribution in [0.4, 0.5) is 0 Å². The van der Waals surface area contributed by atoms with Crippen molar-refractivity contribution in [1.29, 1.82) is 0 Å². The highest BCUT2D eigenvalue weighted by molar-refractivity contribution is 5.01. The van der Waals surface area contributed by atoms with Crippen molar-refractivity contribution in [3.05, 3.63) is 12.7 Å². The van der Waals surface area contributed by atoms with Gasteiger partial charge in [0.2, 0.25) is 0 Å². The minimum atomic E-state index is 0.598. The van der Waals surface area contributed by atoms with Crippen LogP contribution in [0.3, 0.4) is 0 Å². The van der Waals surface area contributed by atoms with E-state index < -0.39 is 0 Å². The average molecular weight is 195 g/mol. The van der Waals surface area contributed by atoms with Crippen LogP contribution in [0.15, 0.2) is 12.7 Å². The fourth-order valence-corrected chi connectivity index (χ4v) is 2.38. The molecule has 1 rings (SSSR count). The van der Waals surface area contributed by atoms with Gasteiger partial charge < -0.3 is 5.32 Å². The maximum absolute atomic E-state index is 3.77. The van der Waals surface area contributed by atoms with E-state index in [0.717, 1.165) is 24.9 Å². The van der Waals surface area contributed by atoms with Crippen molar-refractivity contribution in [3.8, 4) is 0 Å². The van der Waals surface area contributed by atoms with Crippen molar-refractivity contribution in [2.75, 3.05) is 6.54 Å². The number of hydrogen-bond acceptors (Lipinski definition) is 1. The average Bonchev–Trinajstić information content (AvgIpc) is 2.74. The van der Waals surface area contributed by atoms with Crippen LogP contribution in [0.25, 0.3) is 0 Å². The van der Waals surface area contributed by atoms with Crippen LogP contribution in [0.5, 0.6) is 0 Å². The first-order valence-corrected chi connectivity index (χ1v) is 5.96. The summed E-state index contributed by atoms with van der Waals surface area (Å²) >= 11 is 0. The van der Waals surface area contributed by atoms with Gasteiger partial charge in [-0.2, -0.15) is 0 Å². The summed E-state index contributed by atoms with van der Waals surface area (Å²) in [5.41, 5.74) is 0.598. The number of allylic oxidation sites excluding steroid dienone is 1. The molecule has 0 spiro atoms. The molecular formula is C13H25N. The second-order valence-corrected chi connectivity index (χ2v) is 5.18. The van der Waals surface area contributed by atoms with Crippen LogP contribution in [0, 0.1) is 11.3 Å². The summed E-state index contributed by atoms with van der Waals surface area (Å²) in [6.45, 7) is 11.8. The zero-order valence-corrected chi connectivity index (χ0v) is 9.97. The van der Waals surface area contributed by atoms with E-state index in [0.29, 0.717) is 5.41 Å². The Balaban J connectivity index is 2.29. The van der Waals surface area contributed by atoms with E-state index in [1.165, 1.54) is 19.3 Å². The summed E-state index contributed by atoms with van der Waals surface area (Å²) in [5.74, 6) is 0.910. The third-order valence-electron chi connectivity index (χ3n) is 3.47. The van der Waals surface area contributed by atoms with Gasteiger partial charge in [-0.05, 0) is 43.6 Å². The second kappa shape index (κ2) is 4.97. The van der Waals surface area contributed by atoms with Crippen LogP contribution >= 0.6 is 0 Å². The third-order valence-corrected chi connectivity index (χ3v) is 3.47. The molecule has 0 radical (unpaired) electrons. The third kappa shape index (κ3) is 3.13. The zero-order chi connectivity index (χ0) is 10.6. The maximum atomic E-state index is 3.77. The van der Waals surface area contributed by atoms with E-state index in [-0.39, 0.29) is 0 Å². The van der Waals surface area contributed by atoms with E-state index >= 15 is 0 Å². The van der Waals surface area contributed by atoms with Crippen molar-refractivity contribution >= 4 is 0 Å². The summed E-state index contributed by atoms with van der Waals surface area (Å²) < 4.78 is 0. The number of rotatable bonds is 7. The molecule has 0 heterocycles. The second-order valence-electron chi connectivity index (χ2n) is 5.18. The SMILES string of the molecule is C=CCCCC(NCC)C1CC1(C)C. The standard InChI is InChI=1S/C13H25N/c1-5-7-8-9-12(14-6-2)11-10-13(11,3)4/h5,11-12,14H,1,6-10H2,2-4H3. The lowest BCUT2D eigenvalue weighted by atomic mass is 9.99. The molecule has 0 aromatic carbocycles. The first-order valence-electron chi connectivity index (χ1n) is 5.96. The largest absolute Gasteiger partial charge is 0.314 e. The predicted molar refractivity (Wildman–Crippen MR) is 63.4 cm³/mol. The Bertz CT molecular complexity index is 184. The van der Waals surface area contributed by atoms with Crippen molar-refractivity contribution in [1.82, 2.24) is 5.32 Å². The molecule has 1 nitrogen and oxygen atoms in total. The molecule has 0 bridgehead atoms. The molecule has 0 amide bonds. The molecule has 1 N–H and O–H groups in total. The van der Waals surface area contributed by atoms with Crippen molar-refractivity contribution < 1.29 is 0 Å². The summed E-state index contributed by atoms with van der Waals surface area (Å²) in [6.07, 6.45) is 7.19. The Labute approximate surface area is 89.0 Å². The highest BCUT2D eigenvalue weighted by Crippen LogP contribution is 2.54. The first kappa shape index (κ1) is 11.8. The topological polar surface area (TPSA) is 12.0 Å². The molecule has 0 aliphatic heterocycles. The molecular weight excluding hydrogens is 170 g/mol. The van der Waals surface area contributed by atoms with Crippen molar-refractivity contribution in [3.63, 3.8) is 0 Å². The van der Waals surface area contributed by atoms with Gasteiger partial charge in [-0.3, -0.25) is 0 Å². The molecule has 1 saturated carbocycles. The lowest BCUT2D eigenvalue weighted by Gasteiger charge is -2.19. The first-order chi connectivity index (χ1) is 6.61. The Kier molecular flexibility index (Phi) is 4.18. The van der Waals surface area contributed by atoms with Crippen LogP contribution in [-0.4, -0.2) is 12.6 Å². The maximum Gasteiger partial charge on any atom is 0.0101 e. The van der Waals surface area contributed by atoms with Crippen LogP contribution in [0.1, 0.15) is 46.5 Å². The molecule has 1 aliphatic carbocycles. The molecule has 0 aromatic rings. The molecule has 2 unspecified atom stereocenters. The van der Waals surface area contributed by atoms with Gasteiger partial charge in [0.1, 0.15) is 0 Å². The summed E-state index contributed by atoms with van der Waals surface area (Å²) in [6, 6.07) is 0.745. The molecule has 0 saturated heterocycles. The molecule has 1 heteroatoms. The van der Waals surface area contributed by atoms with Crippen LogP contribution in [-0.2, 0) is 0 Å². The highest BCUT2D eigenvalue weighted by Gasteiger charge is 2.49. The highest BCUT2D eigenvalue weighted by atomic mass is 14.9. The molecule has 1 aliphatic rings. The van der Waals surface area contributed by atoms with E-state index in [1.807, 2.05) is 6.08 Å². The Hall–Kier alpha value is -0.300. The lowest BCUT2D eigenvalue weighted by molar-refractivity contribution is 0.385. The fraction of sp³-hybridized carbons (Fsp3) is 0.846. The Morgan fingerprint density at radius 3 is 2.64 bits per heavy atom. The molecule has 0 aromatic heterocycles. The van der Waals surface area contributed by atoms with Crippen molar-refractivity contribution in [2.24, 2.45) is 11.3 Å². The smallest absolute Gasteiger partial charge is 0.0101 e. The van der Waals surface area contributed by atoms with Crippen molar-refractivity contribution in [2.45, 2.75) is 52.5 Å². The van der Waals surface area contributed by atoms with Crippen LogP contribution in [0.2, 0.25) is 0 Å².